The monoisotopic (exact) mass is 940 g/mol. The standard InChI is InChI=1S/C67H66BN3O/c1-43-26-31-48(32-27-43)69(47-22-16-13-17-23-47)50-39-58-61-59(40-50)71(56-25-19-18-24-51(56)44-20-14-12-15-21-44)57-42-54-53(66(8,9)36-37-67(54,10)11)41-55(57)68(61)63-62(52-38-46(65(5,6)7)30-35-60(52)72-63)70(58)49-33-28-45(29-34-49)64(2,3)4/h12-35,38-42H,36-37H2,1-11H3. The summed E-state index contributed by atoms with van der Waals surface area (Å²) < 4.78 is 7.52. The largest absolute Gasteiger partial charge is 0.468 e. The molecular formula is C67H66BN3O. The maximum absolute atomic E-state index is 7.52. The van der Waals surface area contributed by atoms with Crippen LogP contribution >= 0.6 is 0 Å². The fourth-order valence-corrected chi connectivity index (χ4v) is 12.0. The van der Waals surface area contributed by atoms with Crippen molar-refractivity contribution in [3.8, 4) is 11.1 Å². The van der Waals surface area contributed by atoms with Gasteiger partial charge in [0.15, 0.2) is 0 Å². The Morgan fingerprint density at radius 1 is 0.514 bits per heavy atom. The summed E-state index contributed by atoms with van der Waals surface area (Å²) in [5, 5.41) is 1.13. The molecule has 0 saturated carbocycles. The van der Waals surface area contributed by atoms with Crippen molar-refractivity contribution in [1.29, 1.82) is 0 Å². The van der Waals surface area contributed by atoms with E-state index in [0.29, 0.717) is 0 Å². The molecule has 358 valence electrons. The van der Waals surface area contributed by atoms with Crippen LogP contribution < -0.4 is 31.3 Å². The Bertz CT molecular complexity index is 3560. The fourth-order valence-electron chi connectivity index (χ4n) is 12.0. The Balaban J connectivity index is 1.27. The average molecular weight is 940 g/mol. The van der Waals surface area contributed by atoms with Gasteiger partial charge in [-0.3, -0.25) is 0 Å². The van der Waals surface area contributed by atoms with Crippen LogP contribution in [0.2, 0.25) is 0 Å². The van der Waals surface area contributed by atoms with E-state index in [0.717, 1.165) is 75.0 Å². The molecule has 2 aliphatic heterocycles. The van der Waals surface area contributed by atoms with Crippen LogP contribution in [0.1, 0.15) is 110 Å². The van der Waals surface area contributed by atoms with Gasteiger partial charge in [0.2, 0.25) is 0 Å². The average Bonchev–Trinajstić information content (AvgIpc) is 3.74. The van der Waals surface area contributed by atoms with Crippen molar-refractivity contribution in [1.82, 2.24) is 0 Å². The van der Waals surface area contributed by atoms with E-state index in [2.05, 4.69) is 267 Å². The predicted octanol–water partition coefficient (Wildman–Crippen LogP) is 16.9. The van der Waals surface area contributed by atoms with Crippen molar-refractivity contribution < 1.29 is 4.42 Å². The molecule has 0 atom stereocenters. The molecule has 3 aliphatic rings. The zero-order valence-corrected chi connectivity index (χ0v) is 44.0. The summed E-state index contributed by atoms with van der Waals surface area (Å²) in [6.07, 6.45) is 2.25. The first-order valence-electron chi connectivity index (χ1n) is 26.1. The molecule has 0 amide bonds. The van der Waals surface area contributed by atoms with Gasteiger partial charge in [0.05, 0.1) is 22.7 Å². The van der Waals surface area contributed by atoms with Crippen molar-refractivity contribution in [2.45, 2.75) is 111 Å². The summed E-state index contributed by atoms with van der Waals surface area (Å²) in [4.78, 5) is 7.62. The molecule has 0 bridgehead atoms. The third kappa shape index (κ3) is 7.41. The first-order valence-corrected chi connectivity index (χ1v) is 26.1. The van der Waals surface area contributed by atoms with E-state index in [1.54, 1.807) is 0 Å². The van der Waals surface area contributed by atoms with Gasteiger partial charge >= 0.3 is 0 Å². The molecule has 12 rings (SSSR count). The first kappa shape index (κ1) is 45.9. The molecule has 4 nitrogen and oxygen atoms in total. The lowest BCUT2D eigenvalue weighted by Crippen LogP contribution is -2.61. The summed E-state index contributed by atoms with van der Waals surface area (Å²) in [7, 11) is 0. The molecule has 72 heavy (non-hydrogen) atoms. The van der Waals surface area contributed by atoms with Gasteiger partial charge in [-0.05, 0) is 153 Å². The number of aryl methyl sites for hydroxylation is 1. The number of hydrogen-bond donors (Lipinski definition) is 0. The van der Waals surface area contributed by atoms with Crippen LogP contribution in [-0.4, -0.2) is 6.71 Å². The van der Waals surface area contributed by atoms with Crippen LogP contribution in [-0.2, 0) is 21.7 Å². The normalized spacial score (nSPS) is 15.5. The van der Waals surface area contributed by atoms with E-state index < -0.39 is 0 Å². The van der Waals surface area contributed by atoms with E-state index in [4.69, 9.17) is 4.42 Å². The Morgan fingerprint density at radius 3 is 1.74 bits per heavy atom. The molecule has 0 unspecified atom stereocenters. The second-order valence-electron chi connectivity index (χ2n) is 24.2. The van der Waals surface area contributed by atoms with Crippen LogP contribution in [0.15, 0.2) is 180 Å². The summed E-state index contributed by atoms with van der Waals surface area (Å²) in [5.41, 5.74) is 23.4. The van der Waals surface area contributed by atoms with E-state index in [9.17, 15) is 0 Å². The molecule has 8 aromatic carbocycles. The Morgan fingerprint density at radius 2 is 1.08 bits per heavy atom. The summed E-state index contributed by atoms with van der Waals surface area (Å²) >= 11 is 0. The van der Waals surface area contributed by atoms with Gasteiger partial charge in [-0.15, -0.1) is 0 Å². The van der Waals surface area contributed by atoms with E-state index in [1.165, 1.54) is 55.6 Å². The molecule has 0 saturated heterocycles. The topological polar surface area (TPSA) is 22.9 Å². The minimum absolute atomic E-state index is 0.0121. The van der Waals surface area contributed by atoms with Crippen molar-refractivity contribution in [2.24, 2.45) is 0 Å². The van der Waals surface area contributed by atoms with Crippen LogP contribution in [0.3, 0.4) is 0 Å². The van der Waals surface area contributed by atoms with Gasteiger partial charge < -0.3 is 19.1 Å². The number of benzene rings is 8. The number of anilines is 9. The van der Waals surface area contributed by atoms with Crippen LogP contribution in [0, 0.1) is 6.92 Å². The van der Waals surface area contributed by atoms with Crippen molar-refractivity contribution in [2.75, 3.05) is 14.7 Å². The van der Waals surface area contributed by atoms with Crippen LogP contribution in [0.25, 0.3) is 22.1 Å². The minimum atomic E-state index is -0.208. The van der Waals surface area contributed by atoms with Crippen molar-refractivity contribution >= 4 is 85.5 Å². The number of fused-ring (bicyclic) bond motifs is 7. The van der Waals surface area contributed by atoms with E-state index in [1.807, 2.05) is 0 Å². The first-order chi connectivity index (χ1) is 34.4. The quantitative estimate of drug-likeness (QED) is 0.155. The second kappa shape index (κ2) is 16.4. The highest BCUT2D eigenvalue weighted by Gasteiger charge is 2.49. The highest BCUT2D eigenvalue weighted by Crippen LogP contribution is 2.54. The highest BCUT2D eigenvalue weighted by atomic mass is 16.3. The number of para-hydroxylation sites is 2. The third-order valence-electron chi connectivity index (χ3n) is 16.3. The molecule has 0 N–H and O–H groups in total. The summed E-state index contributed by atoms with van der Waals surface area (Å²) in [5.74, 6) is 0. The second-order valence-corrected chi connectivity index (χ2v) is 24.2. The van der Waals surface area contributed by atoms with E-state index >= 15 is 0 Å². The number of nitrogens with zero attached hydrogens (tertiary/aromatic N) is 3. The van der Waals surface area contributed by atoms with Crippen LogP contribution in [0.5, 0.6) is 0 Å². The Labute approximate surface area is 428 Å². The zero-order chi connectivity index (χ0) is 50.1. The van der Waals surface area contributed by atoms with Gasteiger partial charge in [0.25, 0.3) is 6.71 Å². The zero-order valence-electron chi connectivity index (χ0n) is 44.0. The maximum atomic E-state index is 7.52. The minimum Gasteiger partial charge on any atom is -0.468 e. The summed E-state index contributed by atoms with van der Waals surface area (Å²) in [6.45, 7) is 25.6. The molecule has 1 aromatic heterocycles. The van der Waals surface area contributed by atoms with Gasteiger partial charge in [0, 0.05) is 45.1 Å². The summed E-state index contributed by atoms with van der Waals surface area (Å²) in [6, 6.07) is 66.3. The predicted molar refractivity (Wildman–Crippen MR) is 308 cm³/mol. The number of furan rings is 1. The smallest absolute Gasteiger partial charge is 0.297 e. The van der Waals surface area contributed by atoms with Crippen LogP contribution in [0.4, 0.5) is 51.2 Å². The maximum Gasteiger partial charge on any atom is 0.297 e. The van der Waals surface area contributed by atoms with Gasteiger partial charge in [-0.25, -0.2) is 0 Å². The van der Waals surface area contributed by atoms with Crippen molar-refractivity contribution in [3.05, 3.63) is 204 Å². The van der Waals surface area contributed by atoms with Crippen molar-refractivity contribution in [3.63, 3.8) is 0 Å². The van der Waals surface area contributed by atoms with Gasteiger partial charge in [-0.2, -0.15) is 0 Å². The Kier molecular flexibility index (Phi) is 10.4. The number of rotatable bonds is 6. The molecule has 3 heterocycles. The lowest BCUT2D eigenvalue weighted by Gasteiger charge is -2.47. The molecule has 9 aromatic rings. The SMILES string of the molecule is Cc1ccc(N(c2ccccc2)c2cc3c4c(c2)N(c2ccc(C(C)(C)C)cc2)c2c(oc5ccc(C(C)(C)C)cc25)B4c2cc4c(cc2N3c2ccccc2-c2ccccc2)C(C)(C)CCC4(C)C)cc1. The highest BCUT2D eigenvalue weighted by molar-refractivity contribution is 7.00. The molecule has 0 radical (unpaired) electrons. The van der Waals surface area contributed by atoms with Gasteiger partial charge in [-0.1, -0.05) is 178 Å². The fraction of sp³-hybridized carbons (Fsp3) is 0.254. The van der Waals surface area contributed by atoms with E-state index in [-0.39, 0.29) is 28.4 Å². The molecule has 5 heteroatoms. The van der Waals surface area contributed by atoms with Gasteiger partial charge in [0.1, 0.15) is 5.58 Å². The third-order valence-corrected chi connectivity index (χ3v) is 16.3. The number of hydrogen-bond acceptors (Lipinski definition) is 4. The molecule has 1 aliphatic carbocycles. The molecule has 0 spiro atoms. The molecular weight excluding hydrogens is 874 g/mol. The lowest BCUT2D eigenvalue weighted by molar-refractivity contribution is 0.332. The Hall–Kier alpha value is -7.24. The lowest BCUT2D eigenvalue weighted by atomic mass is 9.35. The molecule has 0 fully saturated rings.